The molecule has 1 amide bonds. The summed E-state index contributed by atoms with van der Waals surface area (Å²) >= 11 is 0. The van der Waals surface area contributed by atoms with Crippen molar-refractivity contribution in [2.24, 2.45) is 0 Å². The molecular weight excluding hydrogens is 247 g/mol. The Bertz CT molecular complexity index is 346. The van der Waals surface area contributed by atoms with Crippen molar-refractivity contribution in [1.29, 1.82) is 5.26 Å². The van der Waals surface area contributed by atoms with Crippen LogP contribution in [0.15, 0.2) is 0 Å². The number of nitrogens with zero attached hydrogens (tertiary/aromatic N) is 2. The minimum Gasteiger partial charge on any atom is -0.321 e. The van der Waals surface area contributed by atoms with Crippen LogP contribution in [-0.4, -0.2) is 35.5 Å². The van der Waals surface area contributed by atoms with E-state index in [0.717, 1.165) is 0 Å². The topological polar surface area (TPSA) is 44.1 Å². The van der Waals surface area contributed by atoms with E-state index in [1.807, 2.05) is 0 Å². The number of carbonyl (C=O) groups is 1. The van der Waals surface area contributed by atoms with Crippen LogP contribution in [0, 0.1) is 11.3 Å². The van der Waals surface area contributed by atoms with Crippen molar-refractivity contribution in [2.75, 3.05) is 6.54 Å². The number of halogens is 5. The lowest BCUT2D eigenvalue weighted by Crippen LogP contribution is -2.56. The van der Waals surface area contributed by atoms with Crippen LogP contribution in [0.5, 0.6) is 0 Å². The Kier molecular flexibility index (Phi) is 3.59. The van der Waals surface area contributed by atoms with Gasteiger partial charge in [0.2, 0.25) is 0 Å². The van der Waals surface area contributed by atoms with Gasteiger partial charge in [0.05, 0.1) is 6.07 Å². The Morgan fingerprint density at radius 1 is 1.24 bits per heavy atom. The van der Waals surface area contributed by atoms with Gasteiger partial charge in [-0.3, -0.25) is 4.79 Å². The summed E-state index contributed by atoms with van der Waals surface area (Å²) in [6.45, 7) is -0.247. The van der Waals surface area contributed by atoms with Gasteiger partial charge < -0.3 is 4.90 Å². The molecule has 1 heterocycles. The second-order valence-electron chi connectivity index (χ2n) is 3.71. The minimum absolute atomic E-state index is 0.121. The number of nitriles is 1. The number of amides is 1. The molecule has 1 saturated heterocycles. The van der Waals surface area contributed by atoms with Crippen molar-refractivity contribution in [3.63, 3.8) is 0 Å². The first-order chi connectivity index (χ1) is 7.71. The van der Waals surface area contributed by atoms with E-state index in [9.17, 15) is 26.7 Å². The van der Waals surface area contributed by atoms with Gasteiger partial charge in [-0.25, -0.2) is 0 Å². The number of hydrogen-bond donors (Lipinski definition) is 0. The lowest BCUT2D eigenvalue weighted by atomic mass is 10.0. The molecule has 0 saturated carbocycles. The van der Waals surface area contributed by atoms with Crippen molar-refractivity contribution in [3.8, 4) is 6.07 Å². The molecule has 1 aliphatic heterocycles. The average molecular weight is 256 g/mol. The first-order valence-corrected chi connectivity index (χ1v) is 4.87. The molecule has 1 aliphatic rings. The standard InChI is InChI=1S/C9H9F5N2O/c10-8(11,9(12,13)14)7(17)16-4-2-1-3-6(16)5-15/h6H,1-4H2. The third-order valence-corrected chi connectivity index (χ3v) is 2.54. The lowest BCUT2D eigenvalue weighted by molar-refractivity contribution is -0.275. The van der Waals surface area contributed by atoms with E-state index in [-0.39, 0.29) is 13.0 Å². The number of alkyl halides is 5. The molecule has 1 atom stereocenters. The second kappa shape index (κ2) is 4.47. The van der Waals surface area contributed by atoms with Crippen molar-refractivity contribution in [1.82, 2.24) is 4.90 Å². The zero-order chi connectivity index (χ0) is 13.3. The molecule has 1 rings (SSSR count). The highest BCUT2D eigenvalue weighted by Gasteiger charge is 2.65. The Hall–Kier alpha value is -1.39. The van der Waals surface area contributed by atoms with Gasteiger partial charge in [-0.2, -0.15) is 27.2 Å². The molecule has 0 radical (unpaired) electrons. The Morgan fingerprint density at radius 3 is 2.29 bits per heavy atom. The smallest absolute Gasteiger partial charge is 0.321 e. The van der Waals surface area contributed by atoms with Crippen LogP contribution >= 0.6 is 0 Å². The number of rotatable bonds is 1. The zero-order valence-corrected chi connectivity index (χ0v) is 8.60. The van der Waals surface area contributed by atoms with Crippen LogP contribution < -0.4 is 0 Å². The van der Waals surface area contributed by atoms with Crippen LogP contribution in [-0.2, 0) is 4.79 Å². The van der Waals surface area contributed by atoms with Crippen LogP contribution in [0.1, 0.15) is 19.3 Å². The van der Waals surface area contributed by atoms with Crippen LogP contribution in [0.4, 0.5) is 22.0 Å². The van der Waals surface area contributed by atoms with Gasteiger partial charge in [-0.1, -0.05) is 0 Å². The number of hydrogen-bond acceptors (Lipinski definition) is 2. The Labute approximate surface area is 93.8 Å². The van der Waals surface area contributed by atoms with Crippen LogP contribution in [0.3, 0.4) is 0 Å². The lowest BCUT2D eigenvalue weighted by Gasteiger charge is -2.34. The summed E-state index contributed by atoms with van der Waals surface area (Å²) in [5.41, 5.74) is 0. The summed E-state index contributed by atoms with van der Waals surface area (Å²) in [4.78, 5) is 11.5. The normalized spacial score (nSPS) is 22.1. The van der Waals surface area contributed by atoms with Gasteiger partial charge in [0.25, 0.3) is 0 Å². The van der Waals surface area contributed by atoms with E-state index >= 15 is 0 Å². The van der Waals surface area contributed by atoms with Gasteiger partial charge in [0.1, 0.15) is 6.04 Å². The van der Waals surface area contributed by atoms with Crippen molar-refractivity contribution in [3.05, 3.63) is 0 Å². The first-order valence-electron chi connectivity index (χ1n) is 4.87. The molecule has 0 aromatic rings. The second-order valence-corrected chi connectivity index (χ2v) is 3.71. The van der Waals surface area contributed by atoms with E-state index in [1.54, 1.807) is 6.07 Å². The van der Waals surface area contributed by atoms with Crippen molar-refractivity contribution >= 4 is 5.91 Å². The Balaban J connectivity index is 2.92. The third-order valence-electron chi connectivity index (χ3n) is 2.54. The molecular formula is C9H9F5N2O. The Morgan fingerprint density at radius 2 is 1.82 bits per heavy atom. The highest BCUT2D eigenvalue weighted by atomic mass is 19.4. The molecule has 96 valence electrons. The maximum Gasteiger partial charge on any atom is 0.463 e. The molecule has 0 bridgehead atoms. The van der Waals surface area contributed by atoms with E-state index < -0.39 is 24.0 Å². The summed E-state index contributed by atoms with van der Waals surface area (Å²) in [5.74, 6) is -7.77. The van der Waals surface area contributed by atoms with Crippen molar-refractivity contribution in [2.45, 2.75) is 37.4 Å². The zero-order valence-electron chi connectivity index (χ0n) is 8.60. The highest BCUT2D eigenvalue weighted by molar-refractivity contribution is 5.85. The summed E-state index contributed by atoms with van der Waals surface area (Å²) < 4.78 is 61.6. The maximum atomic E-state index is 12.8. The van der Waals surface area contributed by atoms with Crippen LogP contribution in [0.25, 0.3) is 0 Å². The summed E-state index contributed by atoms with van der Waals surface area (Å²) in [5, 5.41) is 8.61. The SMILES string of the molecule is N#CC1CCCCN1C(=O)C(F)(F)C(F)(F)F. The van der Waals surface area contributed by atoms with E-state index in [0.29, 0.717) is 17.7 Å². The van der Waals surface area contributed by atoms with Crippen LogP contribution in [0.2, 0.25) is 0 Å². The average Bonchev–Trinajstić information content (AvgIpc) is 2.26. The minimum atomic E-state index is -5.93. The summed E-state index contributed by atoms with van der Waals surface area (Å²) in [6, 6.07) is 0.359. The van der Waals surface area contributed by atoms with Crippen molar-refractivity contribution < 1.29 is 26.7 Å². The molecule has 1 unspecified atom stereocenters. The monoisotopic (exact) mass is 256 g/mol. The van der Waals surface area contributed by atoms with Gasteiger partial charge in [-0.15, -0.1) is 0 Å². The molecule has 0 N–H and O–H groups in total. The maximum absolute atomic E-state index is 12.8. The largest absolute Gasteiger partial charge is 0.463 e. The molecule has 3 nitrogen and oxygen atoms in total. The van der Waals surface area contributed by atoms with Gasteiger partial charge >= 0.3 is 18.0 Å². The molecule has 1 fully saturated rings. The van der Waals surface area contributed by atoms with E-state index in [4.69, 9.17) is 5.26 Å². The van der Waals surface area contributed by atoms with E-state index in [1.165, 1.54) is 0 Å². The molecule has 17 heavy (non-hydrogen) atoms. The molecule has 0 aromatic carbocycles. The first kappa shape index (κ1) is 13.7. The fourth-order valence-corrected chi connectivity index (χ4v) is 1.61. The fourth-order valence-electron chi connectivity index (χ4n) is 1.61. The quantitative estimate of drug-likeness (QED) is 0.674. The summed E-state index contributed by atoms with van der Waals surface area (Å²) in [7, 11) is 0. The van der Waals surface area contributed by atoms with Gasteiger partial charge in [-0.05, 0) is 19.3 Å². The fraction of sp³-hybridized carbons (Fsp3) is 0.778. The number of likely N-dealkylation sites (tertiary alicyclic amines) is 1. The third kappa shape index (κ3) is 2.48. The molecule has 0 aromatic heterocycles. The predicted octanol–water partition coefficient (Wildman–Crippen LogP) is 2.09. The predicted molar refractivity (Wildman–Crippen MR) is 46.0 cm³/mol. The molecule has 0 aliphatic carbocycles. The summed E-state index contributed by atoms with van der Waals surface area (Å²) in [6.07, 6.45) is -4.96. The molecule has 0 spiro atoms. The van der Waals surface area contributed by atoms with E-state index in [2.05, 4.69) is 0 Å². The number of piperidine rings is 1. The van der Waals surface area contributed by atoms with Gasteiger partial charge in [0, 0.05) is 6.54 Å². The highest BCUT2D eigenvalue weighted by Crippen LogP contribution is 2.38. The van der Waals surface area contributed by atoms with Gasteiger partial charge in [0.15, 0.2) is 0 Å². The number of carbonyl (C=O) groups excluding carboxylic acids is 1. The molecule has 8 heteroatoms.